The van der Waals surface area contributed by atoms with E-state index < -0.39 is 5.97 Å². The number of benzene rings is 1. The molecule has 1 saturated carbocycles. The van der Waals surface area contributed by atoms with Gasteiger partial charge in [0.25, 0.3) is 0 Å². The summed E-state index contributed by atoms with van der Waals surface area (Å²) in [5.41, 5.74) is 1.83. The molecular weight excluding hydrogens is 254 g/mol. The fourth-order valence-electron chi connectivity index (χ4n) is 3.06. The summed E-state index contributed by atoms with van der Waals surface area (Å²) in [6.45, 7) is -0.202. The minimum absolute atomic E-state index is 0.163. The Kier molecular flexibility index (Phi) is 3.34. The number of hydrogen-bond acceptors (Lipinski definition) is 3. The van der Waals surface area contributed by atoms with Crippen LogP contribution in [0, 0.1) is 0 Å². The molecule has 5 nitrogen and oxygen atoms in total. The maximum atomic E-state index is 10.8. The molecule has 0 radical (unpaired) electrons. The lowest BCUT2D eigenvalue weighted by Gasteiger charge is -2.44. The maximum absolute atomic E-state index is 10.8. The van der Waals surface area contributed by atoms with E-state index in [4.69, 9.17) is 5.11 Å². The smallest absolute Gasteiger partial charge is 0.325 e. The molecule has 0 saturated heterocycles. The number of nitrogens with zero attached hydrogens (tertiary/aromatic N) is 1. The molecule has 1 fully saturated rings. The van der Waals surface area contributed by atoms with E-state index in [1.807, 2.05) is 24.3 Å². The van der Waals surface area contributed by atoms with Gasteiger partial charge in [0.2, 0.25) is 0 Å². The molecule has 1 spiro atoms. The standard InChI is InChI=1S/C15H19N3O2/c19-13(20)10-16-14-11-6-2-3-7-12(11)17-15(18-14)8-4-1-5-9-15/h2-3,6-7,17H,1,4-5,8-10H2,(H,16,18)(H,19,20). The van der Waals surface area contributed by atoms with Crippen LogP contribution in [0.3, 0.4) is 0 Å². The van der Waals surface area contributed by atoms with Gasteiger partial charge in [-0.15, -0.1) is 0 Å². The van der Waals surface area contributed by atoms with Crippen molar-refractivity contribution in [3.05, 3.63) is 29.8 Å². The van der Waals surface area contributed by atoms with Crippen LogP contribution >= 0.6 is 0 Å². The van der Waals surface area contributed by atoms with Crippen LogP contribution in [-0.4, -0.2) is 29.1 Å². The van der Waals surface area contributed by atoms with Crippen LogP contribution in [0.4, 0.5) is 5.69 Å². The molecule has 1 heterocycles. The number of hydrogen-bond donors (Lipinski definition) is 3. The van der Waals surface area contributed by atoms with Gasteiger partial charge < -0.3 is 15.7 Å². The number of aliphatic carboxylic acids is 1. The van der Waals surface area contributed by atoms with Crippen LogP contribution < -0.4 is 10.6 Å². The van der Waals surface area contributed by atoms with E-state index in [2.05, 4.69) is 15.6 Å². The first-order valence-electron chi connectivity index (χ1n) is 7.11. The molecule has 3 N–H and O–H groups in total. The number of carbonyl (C=O) groups is 1. The maximum Gasteiger partial charge on any atom is 0.325 e. The quantitative estimate of drug-likeness (QED) is 0.772. The molecule has 5 heteroatoms. The number of para-hydroxylation sites is 1. The zero-order valence-electron chi connectivity index (χ0n) is 11.4. The lowest BCUT2D eigenvalue weighted by Crippen LogP contribution is -2.58. The van der Waals surface area contributed by atoms with Crippen LogP contribution in [0.15, 0.2) is 29.3 Å². The van der Waals surface area contributed by atoms with E-state index in [-0.39, 0.29) is 12.2 Å². The molecule has 1 aliphatic heterocycles. The topological polar surface area (TPSA) is 73.7 Å². The van der Waals surface area contributed by atoms with Gasteiger partial charge in [0, 0.05) is 11.3 Å². The molecule has 0 unspecified atom stereocenters. The first-order chi connectivity index (χ1) is 9.69. The van der Waals surface area contributed by atoms with E-state index in [1.54, 1.807) is 0 Å². The summed E-state index contributed by atoms with van der Waals surface area (Å²) in [5.74, 6) is -0.211. The number of carboxylic acid groups (broad SMARTS) is 1. The van der Waals surface area contributed by atoms with Gasteiger partial charge >= 0.3 is 5.97 Å². The highest BCUT2D eigenvalue weighted by atomic mass is 16.4. The van der Waals surface area contributed by atoms with Gasteiger partial charge in [-0.2, -0.15) is 0 Å². The number of amidine groups is 1. The molecule has 0 bridgehead atoms. The summed E-state index contributed by atoms with van der Waals surface area (Å²) in [7, 11) is 0. The molecule has 0 atom stereocenters. The van der Waals surface area contributed by atoms with E-state index >= 15 is 0 Å². The zero-order chi connectivity index (χ0) is 14.0. The summed E-state index contributed by atoms with van der Waals surface area (Å²) in [4.78, 5) is 15.0. The third-order valence-corrected chi connectivity index (χ3v) is 3.99. The summed E-state index contributed by atoms with van der Waals surface area (Å²) < 4.78 is 0. The molecular formula is C15H19N3O2. The molecule has 1 aliphatic carbocycles. The average molecular weight is 273 g/mol. The fourth-order valence-corrected chi connectivity index (χ4v) is 3.06. The highest BCUT2D eigenvalue weighted by Crippen LogP contribution is 2.34. The Labute approximate surface area is 118 Å². The van der Waals surface area contributed by atoms with Crippen molar-refractivity contribution in [3.63, 3.8) is 0 Å². The predicted molar refractivity (Wildman–Crippen MR) is 78.1 cm³/mol. The van der Waals surface area contributed by atoms with Crippen LogP contribution in [0.25, 0.3) is 0 Å². The monoisotopic (exact) mass is 273 g/mol. The molecule has 0 aromatic heterocycles. The normalized spacial score (nSPS) is 21.9. The summed E-state index contributed by atoms with van der Waals surface area (Å²) in [6, 6.07) is 7.92. The van der Waals surface area contributed by atoms with E-state index in [9.17, 15) is 4.79 Å². The first-order valence-corrected chi connectivity index (χ1v) is 7.11. The number of aliphatic imine (C=N–C) groups is 1. The molecule has 1 aromatic carbocycles. The Morgan fingerprint density at radius 3 is 2.70 bits per heavy atom. The van der Waals surface area contributed by atoms with Crippen molar-refractivity contribution in [1.82, 2.24) is 5.32 Å². The Bertz CT molecular complexity index is 548. The summed E-state index contributed by atoms with van der Waals surface area (Å²) in [5, 5.41) is 15.9. The van der Waals surface area contributed by atoms with Gasteiger partial charge in [0.05, 0.1) is 0 Å². The van der Waals surface area contributed by atoms with Crippen molar-refractivity contribution in [2.75, 3.05) is 11.9 Å². The molecule has 2 aliphatic rings. The highest BCUT2D eigenvalue weighted by Gasteiger charge is 2.37. The minimum Gasteiger partial charge on any atom is -0.480 e. The molecule has 0 amide bonds. The van der Waals surface area contributed by atoms with Gasteiger partial charge in [0.1, 0.15) is 18.0 Å². The predicted octanol–water partition coefficient (Wildman–Crippen LogP) is 2.19. The Balaban J connectivity index is 1.96. The van der Waals surface area contributed by atoms with E-state index in [1.165, 1.54) is 19.3 Å². The largest absolute Gasteiger partial charge is 0.480 e. The second-order valence-corrected chi connectivity index (χ2v) is 5.50. The molecule has 106 valence electrons. The number of carboxylic acids is 1. The van der Waals surface area contributed by atoms with E-state index in [0.717, 1.165) is 24.1 Å². The van der Waals surface area contributed by atoms with Crippen LogP contribution in [-0.2, 0) is 4.79 Å². The summed E-state index contributed by atoms with van der Waals surface area (Å²) in [6.07, 6.45) is 5.68. The number of nitrogens with one attached hydrogen (secondary N) is 2. The molecule has 20 heavy (non-hydrogen) atoms. The molecule has 1 aromatic rings. The van der Waals surface area contributed by atoms with Gasteiger partial charge in [-0.3, -0.25) is 9.79 Å². The van der Waals surface area contributed by atoms with Crippen LogP contribution in [0.1, 0.15) is 37.7 Å². The van der Waals surface area contributed by atoms with E-state index in [0.29, 0.717) is 5.84 Å². The molecule has 3 rings (SSSR count). The Morgan fingerprint density at radius 2 is 1.95 bits per heavy atom. The van der Waals surface area contributed by atoms with Crippen LogP contribution in [0.5, 0.6) is 0 Å². The highest BCUT2D eigenvalue weighted by molar-refractivity contribution is 6.06. The average Bonchev–Trinajstić information content (AvgIpc) is 2.45. The van der Waals surface area contributed by atoms with Crippen molar-refractivity contribution in [3.8, 4) is 0 Å². The van der Waals surface area contributed by atoms with Crippen molar-refractivity contribution < 1.29 is 9.90 Å². The van der Waals surface area contributed by atoms with Gasteiger partial charge in [0.15, 0.2) is 0 Å². The Morgan fingerprint density at radius 1 is 1.20 bits per heavy atom. The summed E-state index contributed by atoms with van der Waals surface area (Å²) >= 11 is 0. The van der Waals surface area contributed by atoms with Crippen molar-refractivity contribution in [2.45, 2.75) is 37.8 Å². The third-order valence-electron chi connectivity index (χ3n) is 3.99. The van der Waals surface area contributed by atoms with Crippen molar-refractivity contribution in [2.24, 2.45) is 4.99 Å². The van der Waals surface area contributed by atoms with Crippen molar-refractivity contribution in [1.29, 1.82) is 0 Å². The third kappa shape index (κ3) is 2.48. The van der Waals surface area contributed by atoms with Gasteiger partial charge in [-0.1, -0.05) is 18.6 Å². The van der Waals surface area contributed by atoms with Gasteiger partial charge in [-0.05, 0) is 37.8 Å². The first kappa shape index (κ1) is 13.0. The van der Waals surface area contributed by atoms with Crippen LogP contribution in [0.2, 0.25) is 0 Å². The second kappa shape index (κ2) is 5.15. The Hall–Kier alpha value is -2.04. The number of fused-ring (bicyclic) bond motifs is 1. The second-order valence-electron chi connectivity index (χ2n) is 5.50. The minimum atomic E-state index is -0.909. The van der Waals surface area contributed by atoms with Crippen molar-refractivity contribution >= 4 is 17.5 Å². The SMILES string of the molecule is O=C(O)CN=C1NC2(CCCCC2)Nc2ccccc21. The number of rotatable bonds is 2. The van der Waals surface area contributed by atoms with Gasteiger partial charge in [-0.25, -0.2) is 0 Å². The fraction of sp³-hybridized carbons (Fsp3) is 0.467. The lowest BCUT2D eigenvalue weighted by atomic mass is 9.86. The zero-order valence-corrected chi connectivity index (χ0v) is 11.4. The lowest BCUT2D eigenvalue weighted by molar-refractivity contribution is -0.135. The number of anilines is 1.